The number of nitrogens with one attached hydrogen (secondary N) is 2. The number of rotatable bonds is 4. The molecule has 0 radical (unpaired) electrons. The average molecular weight is 248 g/mol. The van der Waals surface area contributed by atoms with E-state index in [1.165, 1.54) is 18.3 Å². The number of halogens is 3. The summed E-state index contributed by atoms with van der Waals surface area (Å²) in [6.07, 6.45) is -4.12. The van der Waals surface area contributed by atoms with Crippen molar-refractivity contribution >= 4 is 11.7 Å². The van der Waals surface area contributed by atoms with Gasteiger partial charge in [-0.1, -0.05) is 0 Å². The lowest BCUT2D eigenvalue weighted by molar-refractivity contribution is -0.132. The van der Waals surface area contributed by atoms with Gasteiger partial charge in [-0.15, -0.1) is 0 Å². The first-order chi connectivity index (χ1) is 7.92. The highest BCUT2D eigenvalue weighted by molar-refractivity contribution is 5.93. The van der Waals surface area contributed by atoms with Crippen molar-refractivity contribution in [3.05, 3.63) is 23.9 Å². The maximum atomic E-state index is 11.8. The third-order valence-corrected chi connectivity index (χ3v) is 1.87. The topological polar surface area (TPSA) is 80.0 Å². The van der Waals surface area contributed by atoms with Crippen LogP contribution in [-0.2, 0) is 0 Å². The predicted octanol–water partition coefficient (Wildman–Crippen LogP) is 1.05. The molecule has 0 aliphatic carbocycles. The number of pyridine rings is 1. The quantitative estimate of drug-likeness (QED) is 0.549. The number of amides is 1. The van der Waals surface area contributed by atoms with Crippen LogP contribution in [0.1, 0.15) is 16.8 Å². The van der Waals surface area contributed by atoms with Crippen LogP contribution in [0, 0.1) is 0 Å². The molecule has 1 amide bonds. The molecule has 4 N–H and O–H groups in total. The first kappa shape index (κ1) is 13.2. The zero-order valence-electron chi connectivity index (χ0n) is 8.71. The molecule has 1 aromatic heterocycles. The number of carbonyl (C=O) groups excluding carboxylic acids is 1. The molecule has 0 aromatic carbocycles. The van der Waals surface area contributed by atoms with Gasteiger partial charge < -0.3 is 10.7 Å². The summed E-state index contributed by atoms with van der Waals surface area (Å²) in [7, 11) is 0. The highest BCUT2D eigenvalue weighted by atomic mass is 19.4. The molecule has 17 heavy (non-hydrogen) atoms. The van der Waals surface area contributed by atoms with E-state index in [-0.39, 0.29) is 5.56 Å². The van der Waals surface area contributed by atoms with Gasteiger partial charge in [-0.25, -0.2) is 10.8 Å². The Morgan fingerprint density at radius 2 is 2.12 bits per heavy atom. The summed E-state index contributed by atoms with van der Waals surface area (Å²) in [5.74, 6) is 4.82. The maximum absolute atomic E-state index is 11.8. The Bertz CT molecular complexity index is 377. The molecular formula is C9H11F3N4O. The van der Waals surface area contributed by atoms with E-state index in [2.05, 4.69) is 15.7 Å². The second kappa shape index (κ2) is 5.48. The van der Waals surface area contributed by atoms with Gasteiger partial charge in [0.25, 0.3) is 5.91 Å². The summed E-state index contributed by atoms with van der Waals surface area (Å²) in [5, 5.41) is 2.14. The number of nitrogens with zero attached hydrogens (tertiary/aromatic N) is 1. The molecule has 0 saturated heterocycles. The first-order valence-corrected chi connectivity index (χ1v) is 4.70. The molecule has 1 heterocycles. The number of aromatic nitrogens is 1. The van der Waals surface area contributed by atoms with Gasteiger partial charge in [0.2, 0.25) is 0 Å². The fourth-order valence-corrected chi connectivity index (χ4v) is 1.03. The van der Waals surface area contributed by atoms with Crippen LogP contribution in [0.15, 0.2) is 18.3 Å². The Labute approximate surface area is 95.2 Å². The average Bonchev–Trinajstić information content (AvgIpc) is 2.27. The number of hydrogen-bond acceptors (Lipinski definition) is 4. The van der Waals surface area contributed by atoms with Crippen molar-refractivity contribution in [1.29, 1.82) is 0 Å². The first-order valence-electron chi connectivity index (χ1n) is 4.70. The highest BCUT2D eigenvalue weighted by Crippen LogP contribution is 2.18. The van der Waals surface area contributed by atoms with Gasteiger partial charge in [0.15, 0.2) is 0 Å². The normalized spacial score (nSPS) is 11.1. The molecule has 1 aromatic rings. The maximum Gasteiger partial charge on any atom is 0.390 e. The standard InChI is InChI=1S/C9H11F3N4O/c10-9(11,12)3-4-14-8(17)6-1-2-7(16-13)15-5-6/h1-2,5H,3-4,13H2,(H,14,17)(H,15,16). The lowest BCUT2D eigenvalue weighted by Crippen LogP contribution is -2.28. The van der Waals surface area contributed by atoms with Gasteiger partial charge in [-0.3, -0.25) is 4.79 Å². The summed E-state index contributed by atoms with van der Waals surface area (Å²) < 4.78 is 35.5. The molecule has 0 aliphatic heterocycles. The number of alkyl halides is 3. The van der Waals surface area contributed by atoms with E-state index in [0.29, 0.717) is 5.82 Å². The summed E-state index contributed by atoms with van der Waals surface area (Å²) in [5.41, 5.74) is 2.44. The van der Waals surface area contributed by atoms with Crippen molar-refractivity contribution in [2.45, 2.75) is 12.6 Å². The van der Waals surface area contributed by atoms with Gasteiger partial charge >= 0.3 is 6.18 Å². The lowest BCUT2D eigenvalue weighted by atomic mass is 10.2. The van der Waals surface area contributed by atoms with E-state index in [4.69, 9.17) is 5.84 Å². The molecule has 5 nitrogen and oxygen atoms in total. The van der Waals surface area contributed by atoms with E-state index in [1.54, 1.807) is 0 Å². The molecule has 0 saturated carbocycles. The number of anilines is 1. The second-order valence-corrected chi connectivity index (χ2v) is 3.20. The number of carbonyl (C=O) groups is 1. The Balaban J connectivity index is 2.47. The fraction of sp³-hybridized carbons (Fsp3) is 0.333. The molecule has 94 valence electrons. The Morgan fingerprint density at radius 1 is 1.41 bits per heavy atom. The number of nitrogens with two attached hydrogens (primary N) is 1. The zero-order chi connectivity index (χ0) is 12.9. The van der Waals surface area contributed by atoms with E-state index < -0.39 is 25.0 Å². The Hall–Kier alpha value is -1.83. The Kier molecular flexibility index (Phi) is 4.27. The van der Waals surface area contributed by atoms with Gasteiger partial charge in [0.05, 0.1) is 12.0 Å². The summed E-state index contributed by atoms with van der Waals surface area (Å²) in [4.78, 5) is 15.1. The molecule has 0 bridgehead atoms. The minimum absolute atomic E-state index is 0.172. The third-order valence-electron chi connectivity index (χ3n) is 1.87. The molecular weight excluding hydrogens is 237 g/mol. The molecule has 0 atom stereocenters. The summed E-state index contributed by atoms with van der Waals surface area (Å²) >= 11 is 0. The number of hydrogen-bond donors (Lipinski definition) is 3. The van der Waals surface area contributed by atoms with Crippen molar-refractivity contribution in [1.82, 2.24) is 10.3 Å². The monoisotopic (exact) mass is 248 g/mol. The summed E-state index contributed by atoms with van der Waals surface area (Å²) in [6, 6.07) is 2.85. The van der Waals surface area contributed by atoms with Crippen molar-refractivity contribution in [2.24, 2.45) is 5.84 Å². The molecule has 0 spiro atoms. The smallest absolute Gasteiger partial charge is 0.352 e. The Morgan fingerprint density at radius 3 is 2.59 bits per heavy atom. The predicted molar refractivity (Wildman–Crippen MR) is 55.1 cm³/mol. The zero-order valence-corrected chi connectivity index (χ0v) is 8.71. The molecule has 0 fully saturated rings. The van der Waals surface area contributed by atoms with Crippen LogP contribution >= 0.6 is 0 Å². The number of nitrogen functional groups attached to an aromatic ring is 1. The van der Waals surface area contributed by atoms with Crippen molar-refractivity contribution < 1.29 is 18.0 Å². The van der Waals surface area contributed by atoms with Crippen molar-refractivity contribution in [3.8, 4) is 0 Å². The number of hydrazine groups is 1. The summed E-state index contributed by atoms with van der Waals surface area (Å²) in [6.45, 7) is -0.459. The van der Waals surface area contributed by atoms with E-state index in [9.17, 15) is 18.0 Å². The van der Waals surface area contributed by atoms with Crippen LogP contribution in [0.3, 0.4) is 0 Å². The molecule has 0 unspecified atom stereocenters. The largest absolute Gasteiger partial charge is 0.390 e. The van der Waals surface area contributed by atoms with Crippen molar-refractivity contribution in [3.63, 3.8) is 0 Å². The minimum atomic E-state index is -4.28. The van der Waals surface area contributed by atoms with E-state index >= 15 is 0 Å². The lowest BCUT2D eigenvalue weighted by Gasteiger charge is -2.07. The van der Waals surface area contributed by atoms with E-state index in [1.807, 2.05) is 0 Å². The van der Waals surface area contributed by atoms with Crippen LogP contribution in [0.2, 0.25) is 0 Å². The molecule has 1 rings (SSSR count). The van der Waals surface area contributed by atoms with Crippen molar-refractivity contribution in [2.75, 3.05) is 12.0 Å². The fourth-order valence-electron chi connectivity index (χ4n) is 1.03. The third kappa shape index (κ3) is 4.68. The van der Waals surface area contributed by atoms with Crippen LogP contribution in [0.5, 0.6) is 0 Å². The van der Waals surface area contributed by atoms with E-state index in [0.717, 1.165) is 0 Å². The van der Waals surface area contributed by atoms with Crippen LogP contribution in [0.4, 0.5) is 19.0 Å². The minimum Gasteiger partial charge on any atom is -0.352 e. The highest BCUT2D eigenvalue weighted by Gasteiger charge is 2.26. The molecule has 8 heteroatoms. The molecule has 0 aliphatic rings. The van der Waals surface area contributed by atoms with Crippen LogP contribution in [-0.4, -0.2) is 23.6 Å². The SMILES string of the molecule is NNc1ccc(C(=O)NCCC(F)(F)F)cn1. The van der Waals surface area contributed by atoms with Gasteiger partial charge in [-0.2, -0.15) is 13.2 Å². The second-order valence-electron chi connectivity index (χ2n) is 3.20. The van der Waals surface area contributed by atoms with Crippen LogP contribution in [0.25, 0.3) is 0 Å². The van der Waals surface area contributed by atoms with Gasteiger partial charge in [-0.05, 0) is 12.1 Å². The van der Waals surface area contributed by atoms with Crippen LogP contribution < -0.4 is 16.6 Å². The van der Waals surface area contributed by atoms with Gasteiger partial charge in [0, 0.05) is 12.7 Å². The van der Waals surface area contributed by atoms with Gasteiger partial charge in [0.1, 0.15) is 5.82 Å².